The van der Waals surface area contributed by atoms with E-state index in [2.05, 4.69) is 31.2 Å². The zero-order valence-corrected chi connectivity index (χ0v) is 13.2. The van der Waals surface area contributed by atoms with Gasteiger partial charge in [-0.25, -0.2) is 0 Å². The fourth-order valence-electron chi connectivity index (χ4n) is 2.42. The van der Waals surface area contributed by atoms with Crippen LogP contribution in [0.15, 0.2) is 36.4 Å². The third-order valence-corrected chi connectivity index (χ3v) is 3.94. The molecule has 2 rings (SSSR count). The topological polar surface area (TPSA) is 26.3 Å². The highest BCUT2D eigenvalue weighted by Gasteiger charge is 2.15. The van der Waals surface area contributed by atoms with Crippen molar-refractivity contribution in [2.45, 2.75) is 33.6 Å². The number of carbonyl (C=O) groups excluding carboxylic acids is 1. The van der Waals surface area contributed by atoms with E-state index in [0.717, 1.165) is 17.5 Å². The molecule has 2 aromatic rings. The Morgan fingerprint density at radius 2 is 1.67 bits per heavy atom. The van der Waals surface area contributed by atoms with Crippen molar-refractivity contribution >= 4 is 5.78 Å². The molecule has 0 amide bonds. The first-order chi connectivity index (χ1) is 10.0. The molecule has 0 aliphatic rings. The Morgan fingerprint density at radius 3 is 2.29 bits per heavy atom. The number of aryl methyl sites for hydroxylation is 3. The Morgan fingerprint density at radius 1 is 1.00 bits per heavy atom. The minimum absolute atomic E-state index is 0.135. The number of methoxy groups -OCH3 is 1. The number of hydrogen-bond acceptors (Lipinski definition) is 2. The van der Waals surface area contributed by atoms with Crippen LogP contribution in [0.1, 0.15) is 39.0 Å². The van der Waals surface area contributed by atoms with Crippen LogP contribution in [0, 0.1) is 20.8 Å². The van der Waals surface area contributed by atoms with Gasteiger partial charge in [-0.3, -0.25) is 4.79 Å². The first-order valence-electron chi connectivity index (χ1n) is 7.26. The highest BCUT2D eigenvalue weighted by Crippen LogP contribution is 2.27. The van der Waals surface area contributed by atoms with Crippen LogP contribution in [0.25, 0.3) is 0 Å². The van der Waals surface area contributed by atoms with Gasteiger partial charge in [0.1, 0.15) is 5.75 Å². The Bertz CT molecular complexity index is 639. The number of ketones is 1. The largest absolute Gasteiger partial charge is 0.496 e. The molecule has 0 atom stereocenters. The average molecular weight is 282 g/mol. The molecule has 0 spiro atoms. The maximum Gasteiger partial charge on any atom is 0.166 e. The smallest absolute Gasteiger partial charge is 0.166 e. The predicted molar refractivity (Wildman–Crippen MR) is 86.3 cm³/mol. The van der Waals surface area contributed by atoms with Gasteiger partial charge in [0, 0.05) is 6.42 Å². The van der Waals surface area contributed by atoms with E-state index in [-0.39, 0.29) is 5.78 Å². The van der Waals surface area contributed by atoms with Crippen LogP contribution in [0.2, 0.25) is 0 Å². The number of benzene rings is 2. The second kappa shape index (κ2) is 6.57. The van der Waals surface area contributed by atoms with Crippen LogP contribution in [0.3, 0.4) is 0 Å². The van der Waals surface area contributed by atoms with Crippen LogP contribution in [0.5, 0.6) is 5.75 Å². The van der Waals surface area contributed by atoms with Crippen LogP contribution >= 0.6 is 0 Å². The van der Waals surface area contributed by atoms with Gasteiger partial charge in [-0.05, 0) is 49.9 Å². The molecule has 2 aromatic carbocycles. The highest BCUT2D eigenvalue weighted by atomic mass is 16.5. The lowest BCUT2D eigenvalue weighted by molar-refractivity contribution is 0.0979. The van der Waals surface area contributed by atoms with Crippen molar-refractivity contribution < 1.29 is 9.53 Å². The summed E-state index contributed by atoms with van der Waals surface area (Å²) in [5.41, 5.74) is 5.30. The van der Waals surface area contributed by atoms with E-state index in [1.165, 1.54) is 11.1 Å². The first-order valence-corrected chi connectivity index (χ1v) is 7.26. The summed E-state index contributed by atoms with van der Waals surface area (Å²) in [5.74, 6) is 0.847. The zero-order chi connectivity index (χ0) is 15.4. The summed E-state index contributed by atoms with van der Waals surface area (Å²) in [6.07, 6.45) is 1.26. The van der Waals surface area contributed by atoms with E-state index in [9.17, 15) is 4.79 Å². The van der Waals surface area contributed by atoms with Crippen LogP contribution in [-0.2, 0) is 6.42 Å². The molecule has 0 N–H and O–H groups in total. The highest BCUT2D eigenvalue weighted by molar-refractivity contribution is 5.99. The van der Waals surface area contributed by atoms with E-state index >= 15 is 0 Å². The molecular formula is C19H22O2. The van der Waals surface area contributed by atoms with Gasteiger partial charge < -0.3 is 4.74 Å². The van der Waals surface area contributed by atoms with Crippen molar-refractivity contribution in [3.63, 3.8) is 0 Å². The fraction of sp³-hybridized carbons (Fsp3) is 0.316. The molecule has 0 radical (unpaired) electrons. The molecule has 0 saturated carbocycles. The number of hydrogen-bond donors (Lipinski definition) is 0. The molecule has 0 unspecified atom stereocenters. The van der Waals surface area contributed by atoms with Gasteiger partial charge in [0.2, 0.25) is 0 Å². The standard InChI is InChI=1S/C19H22O2/c1-13-5-8-16(9-6-13)10-12-18(20)17-11-7-14(2)15(3)19(17)21-4/h5-9,11H,10,12H2,1-4H3. The molecule has 2 nitrogen and oxygen atoms in total. The molecule has 21 heavy (non-hydrogen) atoms. The number of rotatable bonds is 5. The lowest BCUT2D eigenvalue weighted by atomic mass is 9.97. The average Bonchev–Trinajstić information content (AvgIpc) is 2.49. The summed E-state index contributed by atoms with van der Waals surface area (Å²) < 4.78 is 5.43. The normalized spacial score (nSPS) is 10.5. The predicted octanol–water partition coefficient (Wildman–Crippen LogP) is 4.44. The van der Waals surface area contributed by atoms with Gasteiger partial charge >= 0.3 is 0 Å². The lowest BCUT2D eigenvalue weighted by Crippen LogP contribution is -2.06. The maximum atomic E-state index is 12.4. The summed E-state index contributed by atoms with van der Waals surface area (Å²) in [7, 11) is 1.62. The number of carbonyl (C=O) groups is 1. The van der Waals surface area contributed by atoms with Crippen molar-refractivity contribution in [3.05, 3.63) is 64.2 Å². The molecule has 0 heterocycles. The minimum Gasteiger partial charge on any atom is -0.496 e. The summed E-state index contributed by atoms with van der Waals surface area (Å²) in [6.45, 7) is 6.08. The van der Waals surface area contributed by atoms with Gasteiger partial charge in [-0.2, -0.15) is 0 Å². The van der Waals surface area contributed by atoms with Crippen molar-refractivity contribution in [1.82, 2.24) is 0 Å². The fourth-order valence-corrected chi connectivity index (χ4v) is 2.42. The Labute approximate surface area is 126 Å². The third-order valence-electron chi connectivity index (χ3n) is 3.94. The van der Waals surface area contributed by atoms with Gasteiger partial charge in [0.15, 0.2) is 5.78 Å². The van der Waals surface area contributed by atoms with Crippen LogP contribution in [0.4, 0.5) is 0 Å². The van der Waals surface area contributed by atoms with Crippen molar-refractivity contribution in [1.29, 1.82) is 0 Å². The van der Waals surface area contributed by atoms with Crippen molar-refractivity contribution in [2.75, 3.05) is 7.11 Å². The van der Waals surface area contributed by atoms with E-state index in [1.807, 2.05) is 26.0 Å². The molecule has 0 aliphatic heterocycles. The summed E-state index contributed by atoms with van der Waals surface area (Å²) in [5, 5.41) is 0. The first kappa shape index (κ1) is 15.3. The monoisotopic (exact) mass is 282 g/mol. The quantitative estimate of drug-likeness (QED) is 0.758. The SMILES string of the molecule is COc1c(C(=O)CCc2ccc(C)cc2)ccc(C)c1C. The molecule has 0 bridgehead atoms. The van der Waals surface area contributed by atoms with Crippen LogP contribution in [-0.4, -0.2) is 12.9 Å². The lowest BCUT2D eigenvalue weighted by Gasteiger charge is -2.12. The molecule has 0 fully saturated rings. The summed E-state index contributed by atoms with van der Waals surface area (Å²) in [6, 6.07) is 12.2. The Balaban J connectivity index is 2.13. The molecule has 0 aromatic heterocycles. The van der Waals surface area contributed by atoms with Gasteiger partial charge in [0.05, 0.1) is 12.7 Å². The van der Waals surface area contributed by atoms with E-state index in [1.54, 1.807) is 7.11 Å². The third kappa shape index (κ3) is 3.52. The molecular weight excluding hydrogens is 260 g/mol. The maximum absolute atomic E-state index is 12.4. The molecule has 0 aliphatic carbocycles. The van der Waals surface area contributed by atoms with Gasteiger partial charge in [0.25, 0.3) is 0 Å². The molecule has 0 saturated heterocycles. The van der Waals surface area contributed by atoms with Crippen LogP contribution < -0.4 is 4.74 Å². The number of ether oxygens (including phenoxy) is 1. The minimum atomic E-state index is 0.135. The van der Waals surface area contributed by atoms with Crippen molar-refractivity contribution in [2.24, 2.45) is 0 Å². The Hall–Kier alpha value is -2.09. The zero-order valence-electron chi connectivity index (χ0n) is 13.2. The summed E-state index contributed by atoms with van der Waals surface area (Å²) >= 11 is 0. The number of Topliss-reactive ketones (excluding diaryl/α,β-unsaturated/α-hetero) is 1. The van der Waals surface area contributed by atoms with Crippen molar-refractivity contribution in [3.8, 4) is 5.75 Å². The summed E-state index contributed by atoms with van der Waals surface area (Å²) in [4.78, 5) is 12.4. The van der Waals surface area contributed by atoms with E-state index in [4.69, 9.17) is 4.74 Å². The second-order valence-corrected chi connectivity index (χ2v) is 5.50. The Kier molecular flexibility index (Phi) is 4.79. The van der Waals surface area contributed by atoms with E-state index < -0.39 is 0 Å². The van der Waals surface area contributed by atoms with Gasteiger partial charge in [-0.15, -0.1) is 0 Å². The molecule has 110 valence electrons. The van der Waals surface area contributed by atoms with E-state index in [0.29, 0.717) is 17.7 Å². The second-order valence-electron chi connectivity index (χ2n) is 5.50. The van der Waals surface area contributed by atoms with Gasteiger partial charge in [-0.1, -0.05) is 35.9 Å². The molecule has 2 heteroatoms.